The molecule has 198 valence electrons. The van der Waals surface area contributed by atoms with Crippen LogP contribution in [0.5, 0.6) is 0 Å². The lowest BCUT2D eigenvalue weighted by Gasteiger charge is -2.38. The predicted molar refractivity (Wildman–Crippen MR) is 134 cm³/mol. The van der Waals surface area contributed by atoms with Crippen LogP contribution in [-0.2, 0) is 28.5 Å². The van der Waals surface area contributed by atoms with Crippen molar-refractivity contribution in [3.8, 4) is 0 Å². The van der Waals surface area contributed by atoms with Crippen LogP contribution in [0.15, 0.2) is 59.5 Å². The van der Waals surface area contributed by atoms with Crippen LogP contribution in [0.1, 0.15) is 61.4 Å². The van der Waals surface area contributed by atoms with Crippen LogP contribution in [0.4, 0.5) is 0 Å². The quantitative estimate of drug-likeness (QED) is 0.235. The Morgan fingerprint density at radius 2 is 1.67 bits per heavy atom. The highest BCUT2D eigenvalue weighted by atomic mass is 32.2. The van der Waals surface area contributed by atoms with Crippen molar-refractivity contribution in [3.63, 3.8) is 0 Å². The number of hydrogen-bond acceptors (Lipinski definition) is 8. The molecular formula is C27H36O8S. The van der Waals surface area contributed by atoms with Gasteiger partial charge in [-0.05, 0) is 37.6 Å². The summed E-state index contributed by atoms with van der Waals surface area (Å²) in [7, 11) is -4.25. The lowest BCUT2D eigenvalue weighted by molar-refractivity contribution is -0.262. The van der Waals surface area contributed by atoms with Gasteiger partial charge < -0.3 is 19.3 Å². The summed E-state index contributed by atoms with van der Waals surface area (Å²) >= 11 is 0. The highest BCUT2D eigenvalue weighted by Gasteiger charge is 2.45. The van der Waals surface area contributed by atoms with Crippen molar-refractivity contribution in [2.45, 2.75) is 81.9 Å². The average molecular weight is 521 g/mol. The van der Waals surface area contributed by atoms with Crippen molar-refractivity contribution in [1.29, 1.82) is 0 Å². The van der Waals surface area contributed by atoms with E-state index >= 15 is 0 Å². The molecule has 9 heteroatoms. The summed E-state index contributed by atoms with van der Waals surface area (Å²) in [5.74, 6) is -0.658. The zero-order chi connectivity index (χ0) is 26.0. The molecule has 3 rings (SSSR count). The topological polar surface area (TPSA) is 108 Å². The van der Waals surface area contributed by atoms with E-state index in [0.29, 0.717) is 12.2 Å². The minimum atomic E-state index is -4.25. The van der Waals surface area contributed by atoms with Crippen LogP contribution >= 0.6 is 0 Å². The molecule has 1 aliphatic heterocycles. The normalized spacial score (nSPS) is 22.3. The molecule has 0 radical (unpaired) electrons. The van der Waals surface area contributed by atoms with Gasteiger partial charge in [0.05, 0.1) is 17.1 Å². The van der Waals surface area contributed by atoms with Crippen LogP contribution in [0.3, 0.4) is 0 Å². The van der Waals surface area contributed by atoms with Crippen molar-refractivity contribution in [1.82, 2.24) is 0 Å². The van der Waals surface area contributed by atoms with E-state index in [1.54, 1.807) is 42.5 Å². The van der Waals surface area contributed by atoms with E-state index in [0.717, 1.165) is 37.7 Å². The molecule has 36 heavy (non-hydrogen) atoms. The van der Waals surface area contributed by atoms with E-state index in [-0.39, 0.29) is 11.5 Å². The molecule has 4 atom stereocenters. The summed E-state index contributed by atoms with van der Waals surface area (Å²) in [6.07, 6.45) is 1.16. The van der Waals surface area contributed by atoms with E-state index in [1.165, 1.54) is 18.6 Å². The number of ether oxygens (including phenoxy) is 3. The minimum absolute atomic E-state index is 0.0571. The number of aliphatic hydroxyl groups is 1. The first-order valence-electron chi connectivity index (χ1n) is 12.5. The molecule has 0 aromatic heterocycles. The van der Waals surface area contributed by atoms with Crippen LogP contribution < -0.4 is 0 Å². The second-order valence-electron chi connectivity index (χ2n) is 8.97. The van der Waals surface area contributed by atoms with Crippen molar-refractivity contribution in [3.05, 3.63) is 65.7 Å². The molecule has 1 heterocycles. The smallest absolute Gasteiger partial charge is 0.338 e. The van der Waals surface area contributed by atoms with E-state index in [9.17, 15) is 18.3 Å². The number of rotatable bonds is 13. The van der Waals surface area contributed by atoms with Gasteiger partial charge in [0.1, 0.15) is 6.10 Å². The van der Waals surface area contributed by atoms with E-state index < -0.39 is 40.7 Å². The Hall–Kier alpha value is -2.30. The number of hydrogen-bond donors (Lipinski definition) is 1. The third kappa shape index (κ3) is 8.11. The van der Waals surface area contributed by atoms with Crippen molar-refractivity contribution in [2.24, 2.45) is 0 Å². The predicted octanol–water partition coefficient (Wildman–Crippen LogP) is 4.39. The lowest BCUT2D eigenvalue weighted by atomic mass is 10.1. The number of esters is 1. The standard InChI is InChI=1S/C27H36O8S/c1-3-4-5-6-7-11-18-32-27-25(35-36(30,31)22-16-14-20(2)15-17-22)24(28)23(19-33-27)34-26(29)21-12-9-8-10-13-21/h8-10,12-17,23-25,27-28H,3-7,11,18-19H2,1-2H3/t23-,24+,25-,27-/m1/s1. The Morgan fingerprint density at radius 1 is 1.00 bits per heavy atom. The molecule has 0 bridgehead atoms. The van der Waals surface area contributed by atoms with E-state index in [2.05, 4.69) is 6.92 Å². The zero-order valence-corrected chi connectivity index (χ0v) is 21.7. The van der Waals surface area contributed by atoms with Gasteiger partial charge in [0.2, 0.25) is 0 Å². The molecule has 1 N–H and O–H groups in total. The van der Waals surface area contributed by atoms with Gasteiger partial charge in [-0.1, -0.05) is 74.9 Å². The summed E-state index contributed by atoms with van der Waals surface area (Å²) < 4.78 is 48.3. The Balaban J connectivity index is 1.69. The van der Waals surface area contributed by atoms with Crippen molar-refractivity contribution in [2.75, 3.05) is 13.2 Å². The lowest BCUT2D eigenvalue weighted by Crippen LogP contribution is -2.56. The molecule has 1 fully saturated rings. The molecule has 0 aliphatic carbocycles. The summed E-state index contributed by atoms with van der Waals surface area (Å²) in [5.41, 5.74) is 1.19. The van der Waals surface area contributed by atoms with Gasteiger partial charge in [-0.2, -0.15) is 8.42 Å². The third-order valence-corrected chi connectivity index (χ3v) is 7.33. The number of carbonyl (C=O) groups excluding carboxylic acids is 1. The second kappa shape index (κ2) is 13.9. The molecule has 0 saturated carbocycles. The maximum absolute atomic E-state index is 13.0. The molecule has 2 aromatic carbocycles. The van der Waals surface area contributed by atoms with Gasteiger partial charge >= 0.3 is 5.97 Å². The van der Waals surface area contributed by atoms with E-state index in [1.807, 2.05) is 6.92 Å². The number of benzene rings is 2. The number of aryl methyl sites for hydroxylation is 1. The molecular weight excluding hydrogens is 484 g/mol. The maximum atomic E-state index is 13.0. The summed E-state index contributed by atoms with van der Waals surface area (Å²) in [6, 6.07) is 14.5. The van der Waals surface area contributed by atoms with Gasteiger partial charge in [0.15, 0.2) is 18.5 Å². The number of carbonyl (C=O) groups is 1. The van der Waals surface area contributed by atoms with Gasteiger partial charge in [-0.25, -0.2) is 4.79 Å². The number of aliphatic hydroxyl groups excluding tert-OH is 1. The molecule has 1 saturated heterocycles. The summed E-state index contributed by atoms with van der Waals surface area (Å²) in [6.45, 7) is 4.16. The molecule has 0 amide bonds. The minimum Gasteiger partial charge on any atom is -0.453 e. The first kappa shape index (κ1) is 28.3. The van der Waals surface area contributed by atoms with Crippen molar-refractivity contribution < 1.29 is 36.7 Å². The zero-order valence-electron chi connectivity index (χ0n) is 20.9. The SMILES string of the molecule is CCCCCCCCO[C@@H]1OC[C@@H](OC(=O)c2ccccc2)[C@H](O)[C@H]1OS(=O)(=O)c1ccc(C)cc1. The van der Waals surface area contributed by atoms with Gasteiger partial charge in [0.25, 0.3) is 10.1 Å². The molecule has 0 unspecified atom stereocenters. The Morgan fingerprint density at radius 3 is 2.36 bits per heavy atom. The maximum Gasteiger partial charge on any atom is 0.338 e. The van der Waals surface area contributed by atoms with Crippen molar-refractivity contribution >= 4 is 16.1 Å². The van der Waals surface area contributed by atoms with Crippen LogP contribution in [-0.4, -0.2) is 57.3 Å². The monoisotopic (exact) mass is 520 g/mol. The Kier molecular flexibility index (Phi) is 10.9. The fourth-order valence-corrected chi connectivity index (χ4v) is 4.95. The summed E-state index contributed by atoms with van der Waals surface area (Å²) in [5, 5.41) is 11.0. The third-order valence-electron chi connectivity index (χ3n) is 6.01. The van der Waals surface area contributed by atoms with Crippen LogP contribution in [0, 0.1) is 6.92 Å². The second-order valence-corrected chi connectivity index (χ2v) is 10.5. The van der Waals surface area contributed by atoms with Gasteiger partial charge in [-0.15, -0.1) is 0 Å². The first-order chi connectivity index (χ1) is 17.3. The Bertz CT molecular complexity index is 1040. The summed E-state index contributed by atoms with van der Waals surface area (Å²) in [4.78, 5) is 12.5. The first-order valence-corrected chi connectivity index (χ1v) is 13.9. The van der Waals surface area contributed by atoms with Crippen LogP contribution in [0.2, 0.25) is 0 Å². The molecule has 0 spiro atoms. The largest absolute Gasteiger partial charge is 0.453 e. The fraction of sp³-hybridized carbons (Fsp3) is 0.519. The van der Waals surface area contributed by atoms with Gasteiger partial charge in [0, 0.05) is 6.61 Å². The Labute approximate surface area is 213 Å². The van der Waals surface area contributed by atoms with E-state index in [4.69, 9.17) is 18.4 Å². The van der Waals surface area contributed by atoms with Gasteiger partial charge in [-0.3, -0.25) is 4.18 Å². The fourth-order valence-electron chi connectivity index (χ4n) is 3.87. The number of unbranched alkanes of at least 4 members (excludes halogenated alkanes) is 5. The highest BCUT2D eigenvalue weighted by molar-refractivity contribution is 7.86. The molecule has 2 aromatic rings. The average Bonchev–Trinajstić information content (AvgIpc) is 2.87. The molecule has 1 aliphatic rings. The van der Waals surface area contributed by atoms with Crippen LogP contribution in [0.25, 0.3) is 0 Å². The highest BCUT2D eigenvalue weighted by Crippen LogP contribution is 2.27. The molecule has 8 nitrogen and oxygen atoms in total.